The van der Waals surface area contributed by atoms with E-state index in [1.54, 1.807) is 17.4 Å². The van der Waals surface area contributed by atoms with E-state index in [4.69, 9.17) is 0 Å². The fourth-order valence-electron chi connectivity index (χ4n) is 2.57. The van der Waals surface area contributed by atoms with Gasteiger partial charge in [0, 0.05) is 0 Å². The van der Waals surface area contributed by atoms with Gasteiger partial charge in [-0.2, -0.15) is 13.2 Å². The summed E-state index contributed by atoms with van der Waals surface area (Å²) < 4.78 is 35.8. The number of halogens is 3. The van der Waals surface area contributed by atoms with Crippen molar-refractivity contribution in [1.82, 2.24) is 10.6 Å². The van der Waals surface area contributed by atoms with Crippen LogP contribution in [0.5, 0.6) is 0 Å². The van der Waals surface area contributed by atoms with E-state index in [1.807, 2.05) is 12.1 Å². The van der Waals surface area contributed by atoms with Crippen molar-refractivity contribution in [3.05, 3.63) is 35.4 Å². The molecule has 1 aliphatic rings. The summed E-state index contributed by atoms with van der Waals surface area (Å²) in [7, 11) is 0. The molecule has 126 valence electrons. The van der Waals surface area contributed by atoms with E-state index in [1.165, 1.54) is 0 Å². The molecule has 1 aliphatic carbocycles. The van der Waals surface area contributed by atoms with Crippen LogP contribution in [0.25, 0.3) is 0 Å². The van der Waals surface area contributed by atoms with Crippen molar-refractivity contribution in [1.29, 1.82) is 0 Å². The first-order valence-electron chi connectivity index (χ1n) is 7.10. The van der Waals surface area contributed by atoms with Gasteiger partial charge in [0.1, 0.15) is 18.6 Å². The number of carbonyl (C=O) groups excluding carboxylic acids is 2. The number of aliphatic hydroxyl groups is 1. The molecule has 1 aromatic carbocycles. The second-order valence-electron chi connectivity index (χ2n) is 5.53. The van der Waals surface area contributed by atoms with E-state index < -0.39 is 36.6 Å². The van der Waals surface area contributed by atoms with Crippen molar-refractivity contribution in [3.8, 4) is 0 Å². The zero-order valence-electron chi connectivity index (χ0n) is 12.2. The lowest BCUT2D eigenvalue weighted by Crippen LogP contribution is -2.42. The standard InChI is InChI=1S/C15H17F3N2O3/c16-15(17,18)9-20-13(22)7-12(21)19-8-14(23)6-5-10-3-1-2-4-11(10)14/h1-4,23H,5-9H2,(H,19,21)(H,20,22). The van der Waals surface area contributed by atoms with Gasteiger partial charge in [-0.1, -0.05) is 24.3 Å². The van der Waals surface area contributed by atoms with Crippen LogP contribution >= 0.6 is 0 Å². The number of benzene rings is 1. The quantitative estimate of drug-likeness (QED) is 0.705. The molecule has 0 saturated carbocycles. The number of alkyl halides is 3. The maximum Gasteiger partial charge on any atom is 0.405 e. The van der Waals surface area contributed by atoms with Crippen LogP contribution in [0.4, 0.5) is 13.2 Å². The highest BCUT2D eigenvalue weighted by Crippen LogP contribution is 2.36. The summed E-state index contributed by atoms with van der Waals surface area (Å²) in [4.78, 5) is 22.9. The molecule has 0 bridgehead atoms. The Morgan fingerprint density at radius 1 is 1.17 bits per heavy atom. The number of hydrogen-bond donors (Lipinski definition) is 3. The molecule has 0 heterocycles. The lowest BCUT2D eigenvalue weighted by atomic mass is 9.96. The molecular weight excluding hydrogens is 313 g/mol. The van der Waals surface area contributed by atoms with E-state index in [-0.39, 0.29) is 6.54 Å². The van der Waals surface area contributed by atoms with Crippen molar-refractivity contribution >= 4 is 11.8 Å². The smallest absolute Gasteiger partial charge is 0.383 e. The van der Waals surface area contributed by atoms with Crippen LogP contribution in [0.1, 0.15) is 24.0 Å². The Kier molecular flexibility index (Phi) is 4.93. The Morgan fingerprint density at radius 2 is 1.83 bits per heavy atom. The topological polar surface area (TPSA) is 78.4 Å². The van der Waals surface area contributed by atoms with Crippen molar-refractivity contribution in [2.24, 2.45) is 0 Å². The number of aryl methyl sites for hydroxylation is 1. The highest BCUT2D eigenvalue weighted by molar-refractivity contribution is 5.96. The summed E-state index contributed by atoms with van der Waals surface area (Å²) in [5.41, 5.74) is 0.503. The molecule has 0 fully saturated rings. The molecule has 1 unspecified atom stereocenters. The van der Waals surface area contributed by atoms with Gasteiger partial charge in [-0.15, -0.1) is 0 Å². The predicted octanol–water partition coefficient (Wildman–Crippen LogP) is 1.01. The molecule has 2 amide bonds. The summed E-state index contributed by atoms with van der Waals surface area (Å²) >= 11 is 0. The van der Waals surface area contributed by atoms with Crippen molar-refractivity contribution in [2.45, 2.75) is 31.0 Å². The summed E-state index contributed by atoms with van der Waals surface area (Å²) in [6.45, 7) is -1.56. The molecule has 0 aromatic heterocycles. The van der Waals surface area contributed by atoms with Crippen LogP contribution in [-0.4, -0.2) is 36.2 Å². The normalized spacial score (nSPS) is 20.0. The van der Waals surface area contributed by atoms with E-state index in [9.17, 15) is 27.9 Å². The maximum absolute atomic E-state index is 11.9. The summed E-state index contributed by atoms with van der Waals surface area (Å²) in [6, 6.07) is 7.29. The molecule has 5 nitrogen and oxygen atoms in total. The summed E-state index contributed by atoms with van der Waals surface area (Å²) in [5, 5.41) is 14.6. The first kappa shape index (κ1) is 17.3. The lowest BCUT2D eigenvalue weighted by Gasteiger charge is -2.24. The maximum atomic E-state index is 11.9. The van der Waals surface area contributed by atoms with Crippen LogP contribution in [0.2, 0.25) is 0 Å². The molecule has 3 N–H and O–H groups in total. The molecule has 0 saturated heterocycles. The third-order valence-corrected chi connectivity index (χ3v) is 3.71. The number of carbonyl (C=O) groups is 2. The van der Waals surface area contributed by atoms with Crippen LogP contribution < -0.4 is 10.6 Å². The predicted molar refractivity (Wildman–Crippen MR) is 75.4 cm³/mol. The Bertz CT molecular complexity index is 604. The molecule has 1 aromatic rings. The highest BCUT2D eigenvalue weighted by atomic mass is 19.4. The first-order valence-corrected chi connectivity index (χ1v) is 7.10. The largest absolute Gasteiger partial charge is 0.405 e. The minimum absolute atomic E-state index is 0.0879. The number of amides is 2. The van der Waals surface area contributed by atoms with Crippen molar-refractivity contribution in [3.63, 3.8) is 0 Å². The summed E-state index contributed by atoms with van der Waals surface area (Å²) in [5.74, 6) is -1.75. The van der Waals surface area contributed by atoms with Gasteiger partial charge in [-0.3, -0.25) is 9.59 Å². The third kappa shape index (κ3) is 4.69. The van der Waals surface area contributed by atoms with Crippen LogP contribution in [0.3, 0.4) is 0 Å². The Hall–Kier alpha value is -2.09. The van der Waals surface area contributed by atoms with Gasteiger partial charge in [0.25, 0.3) is 0 Å². The average molecular weight is 330 g/mol. The minimum Gasteiger partial charge on any atom is -0.383 e. The Morgan fingerprint density at radius 3 is 2.52 bits per heavy atom. The molecule has 0 aliphatic heterocycles. The number of hydrogen-bond acceptors (Lipinski definition) is 3. The average Bonchev–Trinajstić information content (AvgIpc) is 2.81. The van der Waals surface area contributed by atoms with E-state index in [2.05, 4.69) is 5.32 Å². The number of fused-ring (bicyclic) bond motifs is 1. The number of rotatable bonds is 5. The van der Waals surface area contributed by atoms with E-state index in [0.717, 1.165) is 11.1 Å². The van der Waals surface area contributed by atoms with Crippen LogP contribution in [-0.2, 0) is 21.6 Å². The minimum atomic E-state index is -4.52. The first-order chi connectivity index (χ1) is 10.7. The molecule has 8 heteroatoms. The molecular formula is C15H17F3N2O3. The zero-order valence-corrected chi connectivity index (χ0v) is 12.2. The van der Waals surface area contributed by atoms with Crippen molar-refractivity contribution < 1.29 is 27.9 Å². The molecule has 23 heavy (non-hydrogen) atoms. The van der Waals surface area contributed by atoms with Gasteiger partial charge in [-0.25, -0.2) is 0 Å². The monoisotopic (exact) mass is 330 g/mol. The lowest BCUT2D eigenvalue weighted by molar-refractivity contribution is -0.141. The third-order valence-electron chi connectivity index (χ3n) is 3.71. The van der Waals surface area contributed by atoms with Gasteiger partial charge in [0.2, 0.25) is 11.8 Å². The van der Waals surface area contributed by atoms with Gasteiger partial charge in [-0.05, 0) is 24.0 Å². The van der Waals surface area contributed by atoms with Crippen LogP contribution in [0, 0.1) is 0 Å². The fourth-order valence-corrected chi connectivity index (χ4v) is 2.57. The molecule has 0 spiro atoms. The van der Waals surface area contributed by atoms with Crippen molar-refractivity contribution in [2.75, 3.05) is 13.1 Å². The second-order valence-corrected chi connectivity index (χ2v) is 5.53. The Labute approximate surface area is 130 Å². The van der Waals surface area contributed by atoms with E-state index >= 15 is 0 Å². The molecule has 0 radical (unpaired) electrons. The molecule has 1 atom stereocenters. The SMILES string of the molecule is O=C(CC(=O)NCC1(O)CCc2ccccc21)NCC(F)(F)F. The van der Waals surface area contributed by atoms with Gasteiger partial charge < -0.3 is 15.7 Å². The van der Waals surface area contributed by atoms with Gasteiger partial charge in [0.15, 0.2) is 0 Å². The van der Waals surface area contributed by atoms with Gasteiger partial charge in [0.05, 0.1) is 6.54 Å². The fraction of sp³-hybridized carbons (Fsp3) is 0.467. The van der Waals surface area contributed by atoms with E-state index in [0.29, 0.717) is 12.8 Å². The molecule has 2 rings (SSSR count). The summed E-state index contributed by atoms with van der Waals surface area (Å²) in [6.07, 6.45) is -4.12. The second kappa shape index (κ2) is 6.57. The Balaban J connectivity index is 1.82. The van der Waals surface area contributed by atoms with Gasteiger partial charge >= 0.3 is 6.18 Å². The zero-order chi connectivity index (χ0) is 17.1. The van der Waals surface area contributed by atoms with Crippen LogP contribution in [0.15, 0.2) is 24.3 Å². The highest BCUT2D eigenvalue weighted by Gasteiger charge is 2.36. The number of nitrogens with one attached hydrogen (secondary N) is 2.